The third-order valence-electron chi connectivity index (χ3n) is 6.87. The first-order valence-electron chi connectivity index (χ1n) is 13.3. The molecule has 1 aliphatic heterocycles. The van der Waals surface area contributed by atoms with Crippen molar-refractivity contribution in [2.75, 3.05) is 41.0 Å². The Morgan fingerprint density at radius 3 is 2.41 bits per heavy atom. The van der Waals surface area contributed by atoms with Gasteiger partial charge in [0, 0.05) is 18.7 Å². The van der Waals surface area contributed by atoms with Gasteiger partial charge >= 0.3 is 0 Å². The Morgan fingerprint density at radius 2 is 1.80 bits per heavy atom. The van der Waals surface area contributed by atoms with E-state index in [1.807, 2.05) is 45.9 Å². The van der Waals surface area contributed by atoms with Crippen molar-refractivity contribution in [3.63, 3.8) is 0 Å². The van der Waals surface area contributed by atoms with Gasteiger partial charge in [-0.3, -0.25) is 14.2 Å². The summed E-state index contributed by atoms with van der Waals surface area (Å²) in [4.78, 5) is 35.0. The van der Waals surface area contributed by atoms with E-state index in [0.717, 1.165) is 5.56 Å². The molecule has 1 amide bonds. The number of carbonyl (C=O) groups excluding carboxylic acids is 1. The van der Waals surface area contributed by atoms with Crippen LogP contribution in [0.5, 0.6) is 23.0 Å². The minimum absolute atomic E-state index is 0.180. The van der Waals surface area contributed by atoms with Crippen LogP contribution in [0.2, 0.25) is 0 Å². The molecule has 0 saturated heterocycles. The zero-order chi connectivity index (χ0) is 29.8. The maximum atomic E-state index is 14.2. The van der Waals surface area contributed by atoms with E-state index in [2.05, 4.69) is 15.9 Å². The summed E-state index contributed by atoms with van der Waals surface area (Å²) >= 11 is 4.81. The zero-order valence-corrected chi connectivity index (χ0v) is 26.6. The monoisotopic (exact) mass is 643 g/mol. The minimum Gasteiger partial charge on any atom is -0.497 e. The molecule has 0 fully saturated rings. The number of nitrogens with zero attached hydrogens (tertiary/aromatic N) is 3. The van der Waals surface area contributed by atoms with E-state index < -0.39 is 6.04 Å². The first-order chi connectivity index (χ1) is 19.7. The van der Waals surface area contributed by atoms with Gasteiger partial charge in [-0.15, -0.1) is 0 Å². The summed E-state index contributed by atoms with van der Waals surface area (Å²) < 4.78 is 25.2. The number of thiazole rings is 1. The van der Waals surface area contributed by atoms with Crippen molar-refractivity contribution in [2.24, 2.45) is 4.99 Å². The lowest BCUT2D eigenvalue weighted by molar-refractivity contribution is -0.127. The van der Waals surface area contributed by atoms with Crippen LogP contribution in [0.4, 0.5) is 0 Å². The Morgan fingerprint density at radius 1 is 1.07 bits per heavy atom. The number of likely N-dealkylation sites (N-methyl/N-ethyl adjacent to an activating group) is 1. The number of rotatable bonds is 10. The molecule has 1 atom stereocenters. The fourth-order valence-corrected chi connectivity index (χ4v) is 6.58. The van der Waals surface area contributed by atoms with Gasteiger partial charge in [0.2, 0.25) is 0 Å². The van der Waals surface area contributed by atoms with Crippen LogP contribution in [-0.4, -0.2) is 56.4 Å². The van der Waals surface area contributed by atoms with Crippen LogP contribution in [0, 0.1) is 0 Å². The maximum absolute atomic E-state index is 14.2. The van der Waals surface area contributed by atoms with Crippen LogP contribution in [0.3, 0.4) is 0 Å². The van der Waals surface area contributed by atoms with Crippen molar-refractivity contribution < 1.29 is 23.7 Å². The lowest BCUT2D eigenvalue weighted by Crippen LogP contribution is -2.43. The molecule has 1 aliphatic rings. The normalized spacial score (nSPS) is 14.8. The number of amides is 1. The second-order valence-electron chi connectivity index (χ2n) is 9.13. The number of halogens is 1. The highest BCUT2D eigenvalue weighted by Crippen LogP contribution is 2.39. The van der Waals surface area contributed by atoms with Crippen molar-refractivity contribution in [1.82, 2.24) is 9.47 Å². The summed E-state index contributed by atoms with van der Waals surface area (Å²) in [5.74, 6) is 2.07. The van der Waals surface area contributed by atoms with E-state index in [1.54, 1.807) is 49.0 Å². The van der Waals surface area contributed by atoms with E-state index in [0.29, 0.717) is 73.3 Å². The van der Waals surface area contributed by atoms with E-state index in [9.17, 15) is 9.59 Å². The second-order valence-corrected chi connectivity index (χ2v) is 11.0. The molecule has 3 aromatic rings. The minimum atomic E-state index is -0.770. The lowest BCUT2D eigenvalue weighted by Gasteiger charge is -2.30. The smallest absolute Gasteiger partial charge is 0.271 e. The van der Waals surface area contributed by atoms with Crippen molar-refractivity contribution in [1.29, 1.82) is 0 Å². The number of allylic oxidation sites excluding steroid dienone is 1. The topological polar surface area (TPSA) is 91.6 Å². The molecule has 0 unspecified atom stereocenters. The quantitative estimate of drug-likeness (QED) is 0.327. The highest BCUT2D eigenvalue weighted by atomic mass is 79.9. The summed E-state index contributed by atoms with van der Waals surface area (Å²) in [6, 6.07) is 8.30. The molecule has 0 bridgehead atoms. The van der Waals surface area contributed by atoms with Crippen LogP contribution in [0.25, 0.3) is 6.08 Å². The van der Waals surface area contributed by atoms with Gasteiger partial charge in [0.15, 0.2) is 16.3 Å². The van der Waals surface area contributed by atoms with Gasteiger partial charge in [0.05, 0.1) is 48.2 Å². The SMILES string of the molecule is CCOc1cc(/C=c2/sc3n(c2=O)[C@@H](c2cc(OC)ccc2OC)C(C(=O)N(CC)CC)=C(C)N=3)cc(Br)c1OC. The van der Waals surface area contributed by atoms with Gasteiger partial charge in [-0.05, 0) is 85.6 Å². The van der Waals surface area contributed by atoms with Gasteiger partial charge in [0.25, 0.3) is 11.5 Å². The number of hydrogen-bond donors (Lipinski definition) is 0. The lowest BCUT2D eigenvalue weighted by atomic mass is 9.93. The van der Waals surface area contributed by atoms with E-state index in [-0.39, 0.29) is 11.5 Å². The van der Waals surface area contributed by atoms with Crippen molar-refractivity contribution >= 4 is 39.2 Å². The number of ether oxygens (including phenoxy) is 4. The highest BCUT2D eigenvalue weighted by molar-refractivity contribution is 9.10. The first kappa shape index (κ1) is 30.4. The third kappa shape index (κ3) is 5.78. The molecule has 218 valence electrons. The number of aromatic nitrogens is 1. The predicted molar refractivity (Wildman–Crippen MR) is 163 cm³/mol. The Hall–Kier alpha value is -3.57. The van der Waals surface area contributed by atoms with Gasteiger partial charge in [-0.1, -0.05) is 11.3 Å². The Balaban J connectivity index is 2.01. The van der Waals surface area contributed by atoms with E-state index in [1.165, 1.54) is 11.3 Å². The Kier molecular flexibility index (Phi) is 9.60. The summed E-state index contributed by atoms with van der Waals surface area (Å²) in [6.07, 6.45) is 1.79. The van der Waals surface area contributed by atoms with Gasteiger partial charge in [0.1, 0.15) is 17.5 Å². The fraction of sp³-hybridized carbons (Fsp3) is 0.367. The number of fused-ring (bicyclic) bond motifs is 1. The first-order valence-corrected chi connectivity index (χ1v) is 14.9. The molecule has 0 radical (unpaired) electrons. The summed E-state index contributed by atoms with van der Waals surface area (Å²) in [5.41, 5.74) is 2.08. The third-order valence-corrected chi connectivity index (χ3v) is 8.44. The molecule has 0 N–H and O–H groups in total. The molecule has 1 aromatic heterocycles. The Labute approximate surface area is 251 Å². The summed E-state index contributed by atoms with van der Waals surface area (Å²) in [6.45, 7) is 9.06. The largest absolute Gasteiger partial charge is 0.497 e. The molecule has 2 heterocycles. The molecular formula is C30H34BrN3O6S. The van der Waals surface area contributed by atoms with Crippen LogP contribution in [0.1, 0.15) is 44.9 Å². The Bertz CT molecular complexity index is 1670. The molecule has 9 nitrogen and oxygen atoms in total. The van der Waals surface area contributed by atoms with Gasteiger partial charge in [-0.2, -0.15) is 0 Å². The number of hydrogen-bond acceptors (Lipinski definition) is 8. The predicted octanol–water partition coefficient (Wildman–Crippen LogP) is 4.29. The number of carbonyl (C=O) groups is 1. The average molecular weight is 645 g/mol. The average Bonchev–Trinajstić information content (AvgIpc) is 3.26. The van der Waals surface area contributed by atoms with Crippen LogP contribution < -0.4 is 33.8 Å². The summed E-state index contributed by atoms with van der Waals surface area (Å²) in [5, 5.41) is 0. The number of benzene rings is 2. The van der Waals surface area contributed by atoms with Crippen molar-refractivity contribution in [3.05, 3.63) is 76.9 Å². The van der Waals surface area contributed by atoms with E-state index >= 15 is 0 Å². The zero-order valence-electron chi connectivity index (χ0n) is 24.2. The number of methoxy groups -OCH3 is 3. The van der Waals surface area contributed by atoms with Crippen LogP contribution >= 0.6 is 27.3 Å². The standard InChI is InChI=1S/C30H34BrN3O6S/c1-8-33(9-2)29(36)25-17(4)32-30-34(26(25)20-16-19(37-5)11-12-22(20)38-6)28(35)24(41-30)15-18-13-21(31)27(39-7)23(14-18)40-10-3/h11-16,26H,8-10H2,1-7H3/b24-15+/t26-/m0/s1. The van der Waals surface area contributed by atoms with Crippen LogP contribution in [0.15, 0.2) is 55.9 Å². The molecule has 0 saturated carbocycles. The molecule has 11 heteroatoms. The highest BCUT2D eigenvalue weighted by Gasteiger charge is 2.36. The molecular weight excluding hydrogens is 610 g/mol. The second kappa shape index (κ2) is 12.9. The van der Waals surface area contributed by atoms with Crippen LogP contribution in [-0.2, 0) is 4.79 Å². The van der Waals surface area contributed by atoms with Crippen molar-refractivity contribution in [2.45, 2.75) is 33.7 Å². The van der Waals surface area contributed by atoms with E-state index in [4.69, 9.17) is 23.9 Å². The maximum Gasteiger partial charge on any atom is 0.271 e. The fourth-order valence-electron chi connectivity index (χ4n) is 4.91. The van der Waals surface area contributed by atoms with Gasteiger partial charge < -0.3 is 23.8 Å². The molecule has 41 heavy (non-hydrogen) atoms. The summed E-state index contributed by atoms with van der Waals surface area (Å²) in [7, 11) is 4.71. The molecule has 0 spiro atoms. The van der Waals surface area contributed by atoms with Crippen molar-refractivity contribution in [3.8, 4) is 23.0 Å². The molecule has 4 rings (SSSR count). The molecule has 0 aliphatic carbocycles. The van der Waals surface area contributed by atoms with Gasteiger partial charge in [-0.25, -0.2) is 4.99 Å². The molecule has 2 aromatic carbocycles.